The molecule has 0 aliphatic heterocycles. The fraction of sp³-hybridized carbons (Fsp3) is 0. The Labute approximate surface area is 72.3 Å². The van der Waals surface area contributed by atoms with Crippen molar-refractivity contribution in [3.8, 4) is 0 Å². The van der Waals surface area contributed by atoms with Crippen LogP contribution in [0.4, 0.5) is 4.39 Å². The highest BCUT2D eigenvalue weighted by molar-refractivity contribution is 5.87. The molecule has 0 radical (unpaired) electrons. The van der Waals surface area contributed by atoms with Crippen molar-refractivity contribution in [1.82, 2.24) is 9.38 Å². The maximum Gasteiger partial charge on any atom is 0.337 e. The topological polar surface area (TPSA) is 54.6 Å². The smallest absolute Gasteiger partial charge is 0.337 e. The van der Waals surface area contributed by atoms with Gasteiger partial charge in [-0.3, -0.25) is 0 Å². The minimum atomic E-state index is -1.16. The van der Waals surface area contributed by atoms with Crippen LogP contribution in [0.15, 0.2) is 24.7 Å². The normalized spacial score (nSPS) is 10.5. The molecule has 0 spiro atoms. The Kier molecular flexibility index (Phi) is 1.51. The molecule has 0 aromatic carbocycles. The van der Waals surface area contributed by atoms with Crippen molar-refractivity contribution in [3.05, 3.63) is 36.0 Å². The number of nitrogens with zero attached hydrogens (tertiary/aromatic N) is 2. The summed E-state index contributed by atoms with van der Waals surface area (Å²) in [6.07, 6.45) is 4.21. The Bertz CT molecular complexity index is 478. The molecule has 66 valence electrons. The number of halogens is 1. The first-order chi connectivity index (χ1) is 6.18. The predicted molar refractivity (Wildman–Crippen MR) is 42.1 cm³/mol. The van der Waals surface area contributed by atoms with Crippen molar-refractivity contribution >= 4 is 11.6 Å². The molecular formula is C8H5FN2O2. The van der Waals surface area contributed by atoms with E-state index < -0.39 is 11.8 Å². The van der Waals surface area contributed by atoms with E-state index in [4.69, 9.17) is 5.11 Å². The molecule has 0 unspecified atom stereocenters. The number of carbonyl (C=O) groups is 1. The third-order valence-corrected chi connectivity index (χ3v) is 1.69. The summed E-state index contributed by atoms with van der Waals surface area (Å²) in [5, 5.41) is 8.61. The second-order valence-electron chi connectivity index (χ2n) is 2.54. The maximum atomic E-state index is 13.1. The molecule has 0 amide bonds. The summed E-state index contributed by atoms with van der Waals surface area (Å²) < 4.78 is 14.4. The number of fused-ring (bicyclic) bond motifs is 1. The molecule has 1 N–H and O–H groups in total. The van der Waals surface area contributed by atoms with Gasteiger partial charge in [0.1, 0.15) is 0 Å². The molecule has 5 heteroatoms. The van der Waals surface area contributed by atoms with Gasteiger partial charge in [-0.1, -0.05) is 0 Å². The van der Waals surface area contributed by atoms with Crippen LogP contribution in [-0.2, 0) is 0 Å². The molecule has 0 aliphatic carbocycles. The van der Waals surface area contributed by atoms with Gasteiger partial charge in [0.25, 0.3) is 0 Å². The molecule has 0 aliphatic rings. The molecule has 2 rings (SSSR count). The van der Waals surface area contributed by atoms with E-state index in [-0.39, 0.29) is 11.2 Å². The number of aromatic nitrogens is 2. The number of hydrogen-bond acceptors (Lipinski definition) is 2. The molecule has 2 aromatic heterocycles. The predicted octanol–water partition coefficient (Wildman–Crippen LogP) is 1.17. The van der Waals surface area contributed by atoms with Crippen LogP contribution in [0, 0.1) is 5.82 Å². The zero-order valence-electron chi connectivity index (χ0n) is 6.44. The van der Waals surface area contributed by atoms with Gasteiger partial charge in [-0.25, -0.2) is 14.2 Å². The molecule has 0 atom stereocenters. The standard InChI is InChI=1S/C8H5FN2O2/c9-6-3-5(8(12)13)4-11-2-1-10-7(6)11/h1-4H,(H,12,13). The molecular weight excluding hydrogens is 175 g/mol. The highest BCUT2D eigenvalue weighted by atomic mass is 19.1. The fourth-order valence-corrected chi connectivity index (χ4v) is 1.11. The number of aromatic carboxylic acids is 1. The van der Waals surface area contributed by atoms with Crippen LogP contribution in [0.2, 0.25) is 0 Å². The molecule has 13 heavy (non-hydrogen) atoms. The number of imidazole rings is 1. The van der Waals surface area contributed by atoms with E-state index in [1.54, 1.807) is 0 Å². The van der Waals surface area contributed by atoms with E-state index in [0.717, 1.165) is 6.07 Å². The van der Waals surface area contributed by atoms with Crippen LogP contribution in [0.1, 0.15) is 10.4 Å². The average Bonchev–Trinajstić information content (AvgIpc) is 2.51. The van der Waals surface area contributed by atoms with E-state index in [1.807, 2.05) is 0 Å². The first-order valence-electron chi connectivity index (χ1n) is 3.54. The summed E-state index contributed by atoms with van der Waals surface area (Å²) in [4.78, 5) is 14.2. The minimum absolute atomic E-state index is 0.0944. The summed E-state index contributed by atoms with van der Waals surface area (Å²) in [6.45, 7) is 0. The molecule has 0 fully saturated rings. The molecule has 2 heterocycles. The highest BCUT2D eigenvalue weighted by Crippen LogP contribution is 2.09. The Morgan fingerprint density at radius 2 is 2.38 bits per heavy atom. The zero-order chi connectivity index (χ0) is 9.42. The summed E-state index contributed by atoms with van der Waals surface area (Å²) >= 11 is 0. The van der Waals surface area contributed by atoms with Gasteiger partial charge in [-0.15, -0.1) is 0 Å². The quantitative estimate of drug-likeness (QED) is 0.716. The number of rotatable bonds is 1. The van der Waals surface area contributed by atoms with Gasteiger partial charge >= 0.3 is 5.97 Å². The largest absolute Gasteiger partial charge is 0.478 e. The van der Waals surface area contributed by atoms with Crippen molar-refractivity contribution in [2.24, 2.45) is 0 Å². The van der Waals surface area contributed by atoms with Gasteiger partial charge < -0.3 is 9.51 Å². The van der Waals surface area contributed by atoms with Gasteiger partial charge in [0.05, 0.1) is 5.56 Å². The Hall–Kier alpha value is -1.91. The van der Waals surface area contributed by atoms with E-state index in [0.29, 0.717) is 0 Å². The van der Waals surface area contributed by atoms with Crippen LogP contribution in [-0.4, -0.2) is 20.5 Å². The maximum absolute atomic E-state index is 13.1. The van der Waals surface area contributed by atoms with Crippen LogP contribution in [0.5, 0.6) is 0 Å². The second kappa shape index (κ2) is 2.55. The second-order valence-corrected chi connectivity index (χ2v) is 2.54. The summed E-state index contributed by atoms with van der Waals surface area (Å²) in [6, 6.07) is 0.949. The van der Waals surface area contributed by atoms with Crippen molar-refractivity contribution < 1.29 is 14.3 Å². The van der Waals surface area contributed by atoms with Gasteiger partial charge in [0.15, 0.2) is 11.5 Å². The number of hydrogen-bond donors (Lipinski definition) is 1. The zero-order valence-corrected chi connectivity index (χ0v) is 6.44. The van der Waals surface area contributed by atoms with E-state index in [1.165, 1.54) is 23.0 Å². The van der Waals surface area contributed by atoms with E-state index in [2.05, 4.69) is 4.98 Å². The minimum Gasteiger partial charge on any atom is -0.478 e. The van der Waals surface area contributed by atoms with Gasteiger partial charge in [-0.2, -0.15) is 0 Å². The average molecular weight is 180 g/mol. The Balaban J connectivity index is 2.77. The number of pyridine rings is 1. The third-order valence-electron chi connectivity index (χ3n) is 1.69. The molecule has 0 saturated carbocycles. The lowest BCUT2D eigenvalue weighted by atomic mass is 10.3. The monoisotopic (exact) mass is 180 g/mol. The van der Waals surface area contributed by atoms with Gasteiger partial charge in [0.2, 0.25) is 0 Å². The van der Waals surface area contributed by atoms with Gasteiger partial charge in [-0.05, 0) is 6.07 Å². The van der Waals surface area contributed by atoms with Crippen molar-refractivity contribution in [2.75, 3.05) is 0 Å². The summed E-state index contributed by atoms with van der Waals surface area (Å²) in [7, 11) is 0. The lowest BCUT2D eigenvalue weighted by molar-refractivity contribution is 0.0696. The first kappa shape index (κ1) is 7.72. The molecule has 2 aromatic rings. The van der Waals surface area contributed by atoms with Gasteiger partial charge in [0, 0.05) is 18.6 Å². The highest BCUT2D eigenvalue weighted by Gasteiger charge is 2.08. The third kappa shape index (κ3) is 1.14. The number of carboxylic acid groups (broad SMARTS) is 1. The fourth-order valence-electron chi connectivity index (χ4n) is 1.11. The Morgan fingerprint density at radius 3 is 3.08 bits per heavy atom. The van der Waals surface area contributed by atoms with E-state index in [9.17, 15) is 9.18 Å². The van der Waals surface area contributed by atoms with Crippen LogP contribution in [0.25, 0.3) is 5.65 Å². The van der Waals surface area contributed by atoms with Crippen molar-refractivity contribution in [1.29, 1.82) is 0 Å². The molecule has 0 saturated heterocycles. The first-order valence-corrected chi connectivity index (χ1v) is 3.54. The lowest BCUT2D eigenvalue weighted by Gasteiger charge is -1.97. The van der Waals surface area contributed by atoms with Crippen molar-refractivity contribution in [3.63, 3.8) is 0 Å². The van der Waals surface area contributed by atoms with E-state index >= 15 is 0 Å². The summed E-state index contributed by atoms with van der Waals surface area (Å²) in [5.74, 6) is -1.79. The van der Waals surface area contributed by atoms with Crippen LogP contribution in [0.3, 0.4) is 0 Å². The van der Waals surface area contributed by atoms with Crippen LogP contribution < -0.4 is 0 Å². The summed E-state index contributed by atoms with van der Waals surface area (Å²) in [5.41, 5.74) is 0.0352. The molecule has 0 bridgehead atoms. The molecule has 4 nitrogen and oxygen atoms in total. The van der Waals surface area contributed by atoms with Crippen molar-refractivity contribution in [2.45, 2.75) is 0 Å². The number of carboxylic acids is 1. The lowest BCUT2D eigenvalue weighted by Crippen LogP contribution is -2.00. The van der Waals surface area contributed by atoms with Crippen LogP contribution >= 0.6 is 0 Å². The SMILES string of the molecule is O=C(O)c1cc(F)c2nccn2c1. The Morgan fingerprint density at radius 1 is 1.62 bits per heavy atom.